The van der Waals surface area contributed by atoms with Crippen LogP contribution in [-0.2, 0) is 19.0 Å². The van der Waals surface area contributed by atoms with Gasteiger partial charge in [0.2, 0.25) is 0 Å². The fourth-order valence-corrected chi connectivity index (χ4v) is 1.84. The topological polar surface area (TPSA) is 68.2 Å². The minimum Gasteiger partial charge on any atom is -0.464 e. The molecule has 1 aliphatic rings. The summed E-state index contributed by atoms with van der Waals surface area (Å²) in [4.78, 5) is 13.2. The Hall–Kier alpha value is -0.690. The number of hydrogen-bond acceptors (Lipinski definition) is 6. The quantitative estimate of drug-likeness (QED) is 0.499. The summed E-state index contributed by atoms with van der Waals surface area (Å²) in [5.74, 6) is -0.333. The molecule has 0 bridgehead atoms. The van der Waals surface area contributed by atoms with Gasteiger partial charge in [0.15, 0.2) is 0 Å². The number of hydrogen-bond donors (Lipinski definition) is 1. The number of carbonyl (C=O) groups is 1. The average Bonchev–Trinajstić information content (AvgIpc) is 2.37. The lowest BCUT2D eigenvalue weighted by Crippen LogP contribution is -2.50. The zero-order chi connectivity index (χ0) is 13.4. The largest absolute Gasteiger partial charge is 0.464 e. The molecular formula is C12H23NO5. The third-order valence-corrected chi connectivity index (χ3v) is 2.89. The maximum Gasteiger partial charge on any atom is 0.332 e. The second-order valence-electron chi connectivity index (χ2n) is 4.34. The molecule has 0 aromatic heterocycles. The van der Waals surface area contributed by atoms with Gasteiger partial charge in [-0.1, -0.05) is 0 Å². The first-order valence-electron chi connectivity index (χ1n) is 6.37. The van der Waals surface area contributed by atoms with Crippen molar-refractivity contribution in [2.45, 2.75) is 26.0 Å². The number of ether oxygens (including phenoxy) is 3. The van der Waals surface area contributed by atoms with E-state index in [1.807, 2.05) is 0 Å². The van der Waals surface area contributed by atoms with Gasteiger partial charge in [-0.25, -0.2) is 4.79 Å². The summed E-state index contributed by atoms with van der Waals surface area (Å²) in [5.41, 5.74) is 0. The van der Waals surface area contributed by atoms with E-state index in [0.29, 0.717) is 32.4 Å². The molecule has 18 heavy (non-hydrogen) atoms. The van der Waals surface area contributed by atoms with Gasteiger partial charge >= 0.3 is 5.97 Å². The number of nitrogens with zero attached hydrogens (tertiary/aromatic N) is 1. The van der Waals surface area contributed by atoms with E-state index in [-0.39, 0.29) is 25.3 Å². The summed E-state index contributed by atoms with van der Waals surface area (Å²) in [6, 6.07) is 0.305. The van der Waals surface area contributed by atoms with Crippen molar-refractivity contribution in [1.82, 2.24) is 4.90 Å². The normalized spacial score (nSPS) is 25.1. The maximum absolute atomic E-state index is 11.0. The Morgan fingerprint density at radius 1 is 1.56 bits per heavy atom. The van der Waals surface area contributed by atoms with Crippen molar-refractivity contribution in [3.8, 4) is 0 Å². The van der Waals surface area contributed by atoms with Crippen LogP contribution in [0, 0.1) is 0 Å². The van der Waals surface area contributed by atoms with E-state index >= 15 is 0 Å². The standard InChI is InChI=1S/C12H23NO5/c1-3-17-12(15)9-16-5-4-13-6-11(7-14)18-8-10(13)2/h10-11,14H,3-9H2,1-2H3. The minimum absolute atomic E-state index is 0.00398. The van der Waals surface area contributed by atoms with Crippen molar-refractivity contribution in [2.75, 3.05) is 46.1 Å². The molecule has 106 valence electrons. The van der Waals surface area contributed by atoms with E-state index < -0.39 is 0 Å². The van der Waals surface area contributed by atoms with Crippen LogP contribution < -0.4 is 0 Å². The lowest BCUT2D eigenvalue weighted by atomic mass is 10.2. The molecule has 1 N–H and O–H groups in total. The van der Waals surface area contributed by atoms with Gasteiger partial charge in [0, 0.05) is 19.1 Å². The second-order valence-corrected chi connectivity index (χ2v) is 4.34. The van der Waals surface area contributed by atoms with Crippen LogP contribution in [0.3, 0.4) is 0 Å². The molecule has 0 aliphatic carbocycles. The molecule has 1 saturated heterocycles. The maximum atomic E-state index is 11.0. The van der Waals surface area contributed by atoms with Gasteiger partial charge in [-0.2, -0.15) is 0 Å². The van der Waals surface area contributed by atoms with Crippen LogP contribution in [0.25, 0.3) is 0 Å². The van der Waals surface area contributed by atoms with Crippen LogP contribution in [0.1, 0.15) is 13.8 Å². The van der Waals surface area contributed by atoms with E-state index in [0.717, 1.165) is 6.54 Å². The predicted molar refractivity (Wildman–Crippen MR) is 65.3 cm³/mol. The molecule has 0 spiro atoms. The molecule has 1 fully saturated rings. The van der Waals surface area contributed by atoms with Gasteiger partial charge in [-0.05, 0) is 13.8 Å². The number of esters is 1. The fourth-order valence-electron chi connectivity index (χ4n) is 1.84. The van der Waals surface area contributed by atoms with Crippen LogP contribution in [0.2, 0.25) is 0 Å². The lowest BCUT2D eigenvalue weighted by molar-refractivity contribution is -0.149. The molecular weight excluding hydrogens is 238 g/mol. The van der Waals surface area contributed by atoms with Crippen LogP contribution in [0.4, 0.5) is 0 Å². The number of carbonyl (C=O) groups excluding carboxylic acids is 1. The van der Waals surface area contributed by atoms with Crippen molar-refractivity contribution in [1.29, 1.82) is 0 Å². The Kier molecular flexibility index (Phi) is 7.19. The molecule has 1 rings (SSSR count). The molecule has 0 aromatic rings. The third kappa shape index (κ3) is 5.30. The Balaban J connectivity index is 2.15. The first-order chi connectivity index (χ1) is 8.67. The summed E-state index contributed by atoms with van der Waals surface area (Å²) in [6.45, 7) is 6.75. The average molecular weight is 261 g/mol. The summed E-state index contributed by atoms with van der Waals surface area (Å²) < 4.78 is 15.4. The van der Waals surface area contributed by atoms with E-state index in [2.05, 4.69) is 11.8 Å². The van der Waals surface area contributed by atoms with Crippen LogP contribution in [0.5, 0.6) is 0 Å². The van der Waals surface area contributed by atoms with Crippen molar-refractivity contribution in [3.63, 3.8) is 0 Å². The summed E-state index contributed by atoms with van der Waals surface area (Å²) in [5, 5.41) is 9.05. The van der Waals surface area contributed by atoms with E-state index in [1.165, 1.54) is 0 Å². The summed E-state index contributed by atoms with van der Waals surface area (Å²) in [7, 11) is 0. The van der Waals surface area contributed by atoms with Gasteiger partial charge < -0.3 is 19.3 Å². The molecule has 2 unspecified atom stereocenters. The highest BCUT2D eigenvalue weighted by molar-refractivity contribution is 5.70. The van der Waals surface area contributed by atoms with Crippen molar-refractivity contribution >= 4 is 5.97 Å². The number of morpholine rings is 1. The Labute approximate surface area is 108 Å². The zero-order valence-corrected chi connectivity index (χ0v) is 11.1. The smallest absolute Gasteiger partial charge is 0.332 e. The molecule has 0 amide bonds. The second kappa shape index (κ2) is 8.42. The first-order valence-corrected chi connectivity index (χ1v) is 6.37. The molecule has 2 atom stereocenters. The predicted octanol–water partition coefficient (Wildman–Crippen LogP) is -0.352. The molecule has 0 aromatic carbocycles. The number of aliphatic hydroxyl groups is 1. The van der Waals surface area contributed by atoms with Crippen LogP contribution in [0.15, 0.2) is 0 Å². The van der Waals surface area contributed by atoms with Gasteiger partial charge in [0.05, 0.1) is 32.5 Å². The molecule has 0 saturated carbocycles. The lowest BCUT2D eigenvalue weighted by Gasteiger charge is -2.37. The molecule has 6 heteroatoms. The molecule has 0 radical (unpaired) electrons. The molecule has 1 aliphatic heterocycles. The van der Waals surface area contributed by atoms with Gasteiger partial charge in [-0.3, -0.25) is 4.90 Å². The van der Waals surface area contributed by atoms with Crippen LogP contribution in [-0.4, -0.2) is 74.2 Å². The fraction of sp³-hybridized carbons (Fsp3) is 0.917. The molecule has 1 heterocycles. The third-order valence-electron chi connectivity index (χ3n) is 2.89. The highest BCUT2D eigenvalue weighted by Crippen LogP contribution is 2.10. The Morgan fingerprint density at radius 3 is 3.00 bits per heavy atom. The minimum atomic E-state index is -0.333. The van der Waals surface area contributed by atoms with E-state index in [4.69, 9.17) is 19.3 Å². The molecule has 6 nitrogen and oxygen atoms in total. The van der Waals surface area contributed by atoms with Crippen LogP contribution >= 0.6 is 0 Å². The van der Waals surface area contributed by atoms with E-state index in [1.54, 1.807) is 6.92 Å². The monoisotopic (exact) mass is 261 g/mol. The highest BCUT2D eigenvalue weighted by atomic mass is 16.6. The van der Waals surface area contributed by atoms with Gasteiger partial charge in [0.1, 0.15) is 6.61 Å². The Bertz CT molecular complexity index is 249. The van der Waals surface area contributed by atoms with Gasteiger partial charge in [-0.15, -0.1) is 0 Å². The zero-order valence-electron chi connectivity index (χ0n) is 11.1. The highest BCUT2D eigenvalue weighted by Gasteiger charge is 2.25. The van der Waals surface area contributed by atoms with Crippen molar-refractivity contribution in [3.05, 3.63) is 0 Å². The number of aliphatic hydroxyl groups excluding tert-OH is 1. The first kappa shape index (κ1) is 15.4. The Morgan fingerprint density at radius 2 is 2.33 bits per heavy atom. The SMILES string of the molecule is CCOC(=O)COCCN1CC(CO)OCC1C. The van der Waals surface area contributed by atoms with Crippen molar-refractivity contribution in [2.24, 2.45) is 0 Å². The van der Waals surface area contributed by atoms with E-state index in [9.17, 15) is 4.79 Å². The van der Waals surface area contributed by atoms with Crippen molar-refractivity contribution < 1.29 is 24.1 Å². The summed E-state index contributed by atoms with van der Waals surface area (Å²) in [6.07, 6.45) is -0.119. The number of rotatable bonds is 7. The summed E-state index contributed by atoms with van der Waals surface area (Å²) >= 11 is 0. The van der Waals surface area contributed by atoms with Gasteiger partial charge in [0.25, 0.3) is 0 Å².